The number of nitrogens with one attached hydrogen (secondary N) is 1. The number of methoxy groups -OCH3 is 1. The normalized spacial score (nSPS) is 31.8. The van der Waals surface area contributed by atoms with E-state index in [1.807, 2.05) is 13.8 Å². The highest BCUT2D eigenvalue weighted by Gasteiger charge is 2.54. The molecule has 1 aromatic rings. The van der Waals surface area contributed by atoms with Crippen molar-refractivity contribution in [1.29, 1.82) is 0 Å². The number of hydrogen-bond acceptors (Lipinski definition) is 10. The second kappa shape index (κ2) is 18.0. The molecule has 2 aliphatic rings. The molecular weight excluding hydrogens is 652 g/mol. The maximum atomic E-state index is 14.0. The monoisotopic (exact) mass is 707 g/mol. The molecule has 0 spiro atoms. The Morgan fingerprint density at radius 3 is 2.54 bits per heavy atom. The number of cyclic esters (lactones) is 1. The summed E-state index contributed by atoms with van der Waals surface area (Å²) in [6.07, 6.45) is 5.35. The van der Waals surface area contributed by atoms with Gasteiger partial charge in [-0.25, -0.2) is 8.78 Å². The summed E-state index contributed by atoms with van der Waals surface area (Å²) >= 11 is 0. The van der Waals surface area contributed by atoms with Gasteiger partial charge in [-0.05, 0) is 69.4 Å². The first-order valence-electron chi connectivity index (χ1n) is 17.3. The summed E-state index contributed by atoms with van der Waals surface area (Å²) < 4.78 is 50.4. The first-order chi connectivity index (χ1) is 23.4. The van der Waals surface area contributed by atoms with Crippen LogP contribution in [-0.2, 0) is 35.1 Å². The van der Waals surface area contributed by atoms with Gasteiger partial charge in [0, 0.05) is 32.4 Å². The number of aliphatic hydroxyl groups is 3. The second-order valence-electron chi connectivity index (χ2n) is 14.1. The molecule has 0 aliphatic carbocycles. The summed E-state index contributed by atoms with van der Waals surface area (Å²) in [5, 5.41) is 36.7. The van der Waals surface area contributed by atoms with Crippen LogP contribution >= 0.6 is 0 Å². The van der Waals surface area contributed by atoms with Crippen molar-refractivity contribution in [2.75, 3.05) is 7.11 Å². The highest BCUT2D eigenvalue weighted by molar-refractivity contribution is 5.70. The molecule has 1 saturated heterocycles. The summed E-state index contributed by atoms with van der Waals surface area (Å²) in [7, 11) is 1.65. The summed E-state index contributed by atoms with van der Waals surface area (Å²) in [6, 6.07) is 2.98. The average Bonchev–Trinajstić information content (AvgIpc) is 3.82. The van der Waals surface area contributed by atoms with Crippen molar-refractivity contribution in [2.45, 2.75) is 135 Å². The van der Waals surface area contributed by atoms with Crippen LogP contribution in [0.1, 0.15) is 79.7 Å². The lowest BCUT2D eigenvalue weighted by atomic mass is 9.87. The largest absolute Gasteiger partial charge is 0.457 e. The minimum Gasteiger partial charge on any atom is -0.457 e. The molecule has 1 aromatic carbocycles. The molecule has 2 aliphatic heterocycles. The zero-order valence-corrected chi connectivity index (χ0v) is 30.4. The molecule has 10 nitrogen and oxygen atoms in total. The number of rotatable bonds is 13. The van der Waals surface area contributed by atoms with Crippen molar-refractivity contribution in [2.24, 2.45) is 11.8 Å². The standard InChI is InChI=1S/C38H55F2NO9/c1-9-30(47-8)24(4)34-35(50-34)36(41-21-26-13-14-28(39)29(40)19-26)38(7,46)17-10-11-22(2)33-23(3)12-15-31(48-25(5)42)37(6,45)18-16-27(43)20-32(44)49-33/h10-15,17,19,23-24,27,30-31,33-36,41,43,45-46H,9,16,18,20-21H2,1-8H3/b15-12+,17-10+,22-11+/t23?,24?,27?,30-,31-,33+,34?,35?,36?,37?,38?/m0/s1. The van der Waals surface area contributed by atoms with E-state index in [9.17, 15) is 33.7 Å². The number of hydrogen-bond donors (Lipinski definition) is 4. The molecular formula is C38H55F2NO9. The van der Waals surface area contributed by atoms with Crippen LogP contribution in [-0.4, -0.2) is 88.2 Å². The number of halogens is 2. The molecule has 2 heterocycles. The Kier molecular flexibility index (Phi) is 14.9. The smallest absolute Gasteiger partial charge is 0.309 e. The van der Waals surface area contributed by atoms with Gasteiger partial charge in [-0.3, -0.25) is 9.59 Å². The Balaban J connectivity index is 1.88. The van der Waals surface area contributed by atoms with Crippen molar-refractivity contribution in [1.82, 2.24) is 5.32 Å². The Morgan fingerprint density at radius 1 is 1.22 bits per heavy atom. The van der Waals surface area contributed by atoms with Gasteiger partial charge in [-0.15, -0.1) is 0 Å². The number of epoxide rings is 1. The number of carbonyl (C=O) groups is 2. The first kappa shape index (κ1) is 41.4. The van der Waals surface area contributed by atoms with Gasteiger partial charge in [0.25, 0.3) is 0 Å². The number of aliphatic hydroxyl groups excluding tert-OH is 1. The lowest BCUT2D eigenvalue weighted by Gasteiger charge is -2.32. The minimum atomic E-state index is -1.50. The molecule has 0 radical (unpaired) electrons. The number of benzene rings is 1. The van der Waals surface area contributed by atoms with Crippen molar-refractivity contribution in [3.8, 4) is 0 Å². The number of ether oxygens (including phenoxy) is 4. The van der Waals surface area contributed by atoms with E-state index in [0.29, 0.717) is 11.1 Å². The highest BCUT2D eigenvalue weighted by atomic mass is 19.2. The van der Waals surface area contributed by atoms with Crippen molar-refractivity contribution in [3.63, 3.8) is 0 Å². The van der Waals surface area contributed by atoms with Crippen LogP contribution in [0.4, 0.5) is 8.78 Å². The van der Waals surface area contributed by atoms with Gasteiger partial charge >= 0.3 is 11.9 Å². The Hall–Kier alpha value is -3.00. The quantitative estimate of drug-likeness (QED) is 0.0973. The van der Waals surface area contributed by atoms with Gasteiger partial charge < -0.3 is 39.6 Å². The Labute approximate surface area is 294 Å². The molecule has 12 heteroatoms. The number of esters is 2. The number of allylic oxidation sites excluding steroid dienone is 2. The van der Waals surface area contributed by atoms with Gasteiger partial charge in [0.15, 0.2) is 11.6 Å². The maximum Gasteiger partial charge on any atom is 0.309 e. The predicted octanol–water partition coefficient (Wildman–Crippen LogP) is 4.84. The topological polar surface area (TPSA) is 147 Å². The fraction of sp³-hybridized carbons (Fsp3) is 0.632. The maximum absolute atomic E-state index is 14.0. The van der Waals surface area contributed by atoms with E-state index in [1.54, 1.807) is 58.3 Å². The van der Waals surface area contributed by atoms with E-state index < -0.39 is 71.2 Å². The van der Waals surface area contributed by atoms with Gasteiger partial charge in [-0.2, -0.15) is 0 Å². The van der Waals surface area contributed by atoms with E-state index in [0.717, 1.165) is 18.6 Å². The van der Waals surface area contributed by atoms with Crippen LogP contribution in [0.15, 0.2) is 54.2 Å². The Bertz CT molecular complexity index is 1390. The van der Waals surface area contributed by atoms with Crippen molar-refractivity contribution in [3.05, 3.63) is 71.4 Å². The molecule has 0 bridgehead atoms. The minimum absolute atomic E-state index is 0.0254. The first-order valence-corrected chi connectivity index (χ1v) is 17.3. The third kappa shape index (κ3) is 11.5. The van der Waals surface area contributed by atoms with E-state index in [-0.39, 0.29) is 43.9 Å². The molecule has 0 amide bonds. The van der Waals surface area contributed by atoms with Gasteiger partial charge in [0.2, 0.25) is 0 Å². The van der Waals surface area contributed by atoms with E-state index in [2.05, 4.69) is 5.32 Å². The third-order valence-corrected chi connectivity index (χ3v) is 9.70. The van der Waals surface area contributed by atoms with Crippen molar-refractivity contribution >= 4 is 11.9 Å². The van der Waals surface area contributed by atoms with Crippen LogP contribution < -0.4 is 5.32 Å². The van der Waals surface area contributed by atoms with E-state index in [1.165, 1.54) is 19.9 Å². The third-order valence-electron chi connectivity index (χ3n) is 9.70. The molecule has 280 valence electrons. The van der Waals surface area contributed by atoms with Crippen LogP contribution in [0.5, 0.6) is 0 Å². The van der Waals surface area contributed by atoms with E-state index >= 15 is 0 Å². The zero-order valence-electron chi connectivity index (χ0n) is 30.4. The molecule has 0 aromatic heterocycles. The lowest BCUT2D eigenvalue weighted by molar-refractivity contribution is -0.157. The van der Waals surface area contributed by atoms with Gasteiger partial charge in [0.05, 0.1) is 36.4 Å². The lowest BCUT2D eigenvalue weighted by Crippen LogP contribution is -2.52. The van der Waals surface area contributed by atoms with Crippen LogP contribution in [0.25, 0.3) is 0 Å². The predicted molar refractivity (Wildman–Crippen MR) is 184 cm³/mol. The molecule has 4 N–H and O–H groups in total. The van der Waals surface area contributed by atoms with Gasteiger partial charge in [-0.1, -0.05) is 51.1 Å². The molecule has 11 atom stereocenters. The molecule has 3 rings (SSSR count). The Morgan fingerprint density at radius 2 is 1.92 bits per heavy atom. The highest BCUT2D eigenvalue weighted by Crippen LogP contribution is 2.39. The van der Waals surface area contributed by atoms with Crippen molar-refractivity contribution < 1.29 is 52.6 Å². The number of carbonyl (C=O) groups excluding carboxylic acids is 2. The molecule has 1 fully saturated rings. The molecule has 8 unspecified atom stereocenters. The van der Waals surface area contributed by atoms with Crippen LogP contribution in [0.3, 0.4) is 0 Å². The average molecular weight is 708 g/mol. The summed E-state index contributed by atoms with van der Waals surface area (Å²) in [6.45, 7) is 12.1. The van der Waals surface area contributed by atoms with Crippen LogP contribution in [0, 0.1) is 23.5 Å². The van der Waals surface area contributed by atoms with Crippen LogP contribution in [0.2, 0.25) is 0 Å². The SMILES string of the molecule is CC[C@H](OC)C(C)C1OC1C(NCc1ccc(F)c(F)c1)C(C)(O)/C=C/C=C(\C)[C@H]1OC(=O)CC(O)CCC(C)(O)[C@@H](OC(C)=O)/C=C/C1C. The fourth-order valence-electron chi connectivity index (χ4n) is 6.55. The zero-order chi connectivity index (χ0) is 37.4. The fourth-order valence-corrected chi connectivity index (χ4v) is 6.55. The molecule has 50 heavy (non-hydrogen) atoms. The van der Waals surface area contributed by atoms with Gasteiger partial charge in [0.1, 0.15) is 23.9 Å². The second-order valence-corrected chi connectivity index (χ2v) is 14.1. The molecule has 0 saturated carbocycles. The van der Waals surface area contributed by atoms with E-state index in [4.69, 9.17) is 18.9 Å². The summed E-state index contributed by atoms with van der Waals surface area (Å²) in [5.74, 6) is -3.51. The summed E-state index contributed by atoms with van der Waals surface area (Å²) in [4.78, 5) is 24.7. The summed E-state index contributed by atoms with van der Waals surface area (Å²) in [5.41, 5.74) is -1.87.